The van der Waals surface area contributed by atoms with Crippen molar-refractivity contribution < 1.29 is 19.4 Å². The van der Waals surface area contributed by atoms with E-state index in [9.17, 15) is 14.7 Å². The van der Waals surface area contributed by atoms with Crippen LogP contribution < -0.4 is 0 Å². The number of nitrogens with zero attached hydrogens (tertiary/aromatic N) is 2. The molecule has 1 aliphatic carbocycles. The fourth-order valence-corrected chi connectivity index (χ4v) is 2.54. The molecule has 0 saturated carbocycles. The second kappa shape index (κ2) is 6.09. The molecule has 0 aromatic carbocycles. The van der Waals surface area contributed by atoms with E-state index in [2.05, 4.69) is 9.98 Å². The van der Waals surface area contributed by atoms with Crippen molar-refractivity contribution in [2.45, 2.75) is 20.3 Å². The van der Waals surface area contributed by atoms with Gasteiger partial charge in [0.15, 0.2) is 5.78 Å². The predicted octanol–water partition coefficient (Wildman–Crippen LogP) is 2.38. The number of ether oxygens (including phenoxy) is 1. The van der Waals surface area contributed by atoms with Crippen molar-refractivity contribution in [3.8, 4) is 0 Å². The summed E-state index contributed by atoms with van der Waals surface area (Å²) in [5.41, 5.74) is -0.0588. The van der Waals surface area contributed by atoms with E-state index < -0.39 is 17.3 Å². The van der Waals surface area contributed by atoms with E-state index in [0.717, 1.165) is 0 Å². The smallest absolute Gasteiger partial charge is 0.316 e. The highest BCUT2D eigenvalue weighted by molar-refractivity contribution is 6.15. The van der Waals surface area contributed by atoms with Crippen LogP contribution in [0.4, 0.5) is 5.69 Å². The van der Waals surface area contributed by atoms with E-state index in [1.54, 1.807) is 38.4 Å². The summed E-state index contributed by atoms with van der Waals surface area (Å²) in [5.74, 6) is -1.98. The number of carbonyl (C=O) groups is 2. The van der Waals surface area contributed by atoms with Gasteiger partial charge in [-0.2, -0.15) is 0 Å². The van der Waals surface area contributed by atoms with Crippen molar-refractivity contribution >= 4 is 23.7 Å². The summed E-state index contributed by atoms with van der Waals surface area (Å²) in [6.07, 6.45) is 4.57. The SMILES string of the molecule is COC(=O)[C@H]1C(O)=C(C=Nc2ccncc2)C(=O)CC1(C)C. The molecule has 0 amide bonds. The minimum absolute atomic E-state index is 0.0477. The third-order valence-electron chi connectivity index (χ3n) is 3.69. The number of allylic oxidation sites excluding steroid dienone is 1. The maximum Gasteiger partial charge on any atom is 0.316 e. The summed E-state index contributed by atoms with van der Waals surface area (Å²) in [4.78, 5) is 32.2. The second-order valence-corrected chi connectivity index (χ2v) is 5.81. The Morgan fingerprint density at radius 2 is 2.09 bits per heavy atom. The summed E-state index contributed by atoms with van der Waals surface area (Å²) in [5, 5.41) is 10.4. The van der Waals surface area contributed by atoms with Gasteiger partial charge in [0.1, 0.15) is 11.7 Å². The number of hydrogen-bond acceptors (Lipinski definition) is 6. The number of hydrogen-bond donors (Lipinski definition) is 1. The number of aliphatic hydroxyl groups is 1. The molecule has 0 unspecified atom stereocenters. The van der Waals surface area contributed by atoms with Gasteiger partial charge in [0.2, 0.25) is 0 Å². The zero-order chi connectivity index (χ0) is 16.3. The lowest BCUT2D eigenvalue weighted by atomic mass is 9.68. The highest BCUT2D eigenvalue weighted by Crippen LogP contribution is 2.41. The molecule has 1 aromatic rings. The van der Waals surface area contributed by atoms with E-state index in [4.69, 9.17) is 4.74 Å². The molecule has 6 heteroatoms. The summed E-state index contributed by atoms with van der Waals surface area (Å²) in [7, 11) is 1.26. The predicted molar refractivity (Wildman–Crippen MR) is 81.0 cm³/mol. The number of aromatic nitrogens is 1. The Hall–Kier alpha value is -2.50. The fraction of sp³-hybridized carbons (Fsp3) is 0.375. The van der Waals surface area contributed by atoms with Crippen LogP contribution in [0.15, 0.2) is 40.9 Å². The third kappa shape index (κ3) is 3.05. The number of methoxy groups -OCH3 is 1. The maximum atomic E-state index is 12.2. The lowest BCUT2D eigenvalue weighted by Crippen LogP contribution is -2.40. The Kier molecular flexibility index (Phi) is 4.40. The quantitative estimate of drug-likeness (QED) is 0.684. The van der Waals surface area contributed by atoms with Gasteiger partial charge in [0.25, 0.3) is 0 Å². The number of pyridine rings is 1. The van der Waals surface area contributed by atoms with Crippen molar-refractivity contribution in [3.05, 3.63) is 35.9 Å². The van der Waals surface area contributed by atoms with Crippen molar-refractivity contribution in [2.75, 3.05) is 7.11 Å². The fourth-order valence-electron chi connectivity index (χ4n) is 2.54. The Bertz CT molecular complexity index is 647. The molecule has 6 nitrogen and oxygen atoms in total. The zero-order valence-electron chi connectivity index (χ0n) is 12.7. The lowest BCUT2D eigenvalue weighted by Gasteiger charge is -2.35. The monoisotopic (exact) mass is 302 g/mol. The van der Waals surface area contributed by atoms with Crippen LogP contribution in [0.5, 0.6) is 0 Å². The number of esters is 1. The normalized spacial score (nSPS) is 21.2. The molecule has 0 bridgehead atoms. The van der Waals surface area contributed by atoms with Crippen molar-refractivity contribution in [2.24, 2.45) is 16.3 Å². The number of aliphatic hydroxyl groups excluding tert-OH is 1. The van der Waals surface area contributed by atoms with Crippen LogP contribution in [-0.2, 0) is 14.3 Å². The molecular weight excluding hydrogens is 284 g/mol. The van der Waals surface area contributed by atoms with Gasteiger partial charge >= 0.3 is 5.97 Å². The van der Waals surface area contributed by atoms with Crippen molar-refractivity contribution in [3.63, 3.8) is 0 Å². The average molecular weight is 302 g/mol. The number of aliphatic imine (C=N–C) groups is 1. The minimum Gasteiger partial charge on any atom is -0.511 e. The first kappa shape index (κ1) is 15.9. The van der Waals surface area contributed by atoms with Crippen LogP contribution in [0, 0.1) is 11.3 Å². The molecule has 1 N–H and O–H groups in total. The summed E-state index contributed by atoms with van der Waals surface area (Å²) in [6, 6.07) is 3.34. The second-order valence-electron chi connectivity index (χ2n) is 5.81. The van der Waals surface area contributed by atoms with Gasteiger partial charge in [0, 0.05) is 25.0 Å². The van der Waals surface area contributed by atoms with Gasteiger partial charge in [-0.3, -0.25) is 19.6 Å². The van der Waals surface area contributed by atoms with Gasteiger partial charge in [0.05, 0.1) is 18.4 Å². The topological polar surface area (TPSA) is 88.8 Å². The van der Waals surface area contributed by atoms with Crippen LogP contribution in [-0.4, -0.2) is 35.2 Å². The van der Waals surface area contributed by atoms with Crippen LogP contribution in [0.3, 0.4) is 0 Å². The zero-order valence-corrected chi connectivity index (χ0v) is 12.7. The molecule has 0 saturated heterocycles. The average Bonchev–Trinajstić information content (AvgIpc) is 2.46. The molecule has 1 atom stereocenters. The molecule has 116 valence electrons. The standard InChI is InChI=1S/C16H18N2O4/c1-16(2)8-12(19)11(14(20)13(16)15(21)22-3)9-18-10-4-6-17-7-5-10/h4-7,9,13,20H,8H2,1-3H3/t13-/m1/s1. The lowest BCUT2D eigenvalue weighted by molar-refractivity contribution is -0.150. The van der Waals surface area contributed by atoms with E-state index in [-0.39, 0.29) is 23.5 Å². The molecule has 22 heavy (non-hydrogen) atoms. The highest BCUT2D eigenvalue weighted by atomic mass is 16.5. The Morgan fingerprint density at radius 3 is 2.68 bits per heavy atom. The Balaban J connectivity index is 2.41. The summed E-state index contributed by atoms with van der Waals surface area (Å²) < 4.78 is 4.74. The minimum atomic E-state index is -0.880. The van der Waals surface area contributed by atoms with Crippen LogP contribution >= 0.6 is 0 Å². The highest BCUT2D eigenvalue weighted by Gasteiger charge is 2.46. The molecule has 1 heterocycles. The first-order chi connectivity index (χ1) is 10.4. The molecule has 2 rings (SSSR count). The number of Topliss-reactive ketones (excluding diaryl/α,β-unsaturated/α-hetero) is 1. The Morgan fingerprint density at radius 1 is 1.45 bits per heavy atom. The van der Waals surface area contributed by atoms with E-state index in [0.29, 0.717) is 5.69 Å². The van der Waals surface area contributed by atoms with Crippen molar-refractivity contribution in [1.29, 1.82) is 0 Å². The van der Waals surface area contributed by atoms with Crippen LogP contribution in [0.25, 0.3) is 0 Å². The van der Waals surface area contributed by atoms with Gasteiger partial charge in [-0.25, -0.2) is 0 Å². The molecule has 1 aromatic heterocycles. The molecule has 1 aliphatic rings. The largest absolute Gasteiger partial charge is 0.511 e. The first-order valence-corrected chi connectivity index (χ1v) is 6.85. The maximum absolute atomic E-state index is 12.2. The molecule has 0 aliphatic heterocycles. The third-order valence-corrected chi connectivity index (χ3v) is 3.69. The molecular formula is C16H18N2O4. The van der Waals surface area contributed by atoms with Crippen LogP contribution in [0.2, 0.25) is 0 Å². The molecule has 0 fully saturated rings. The Labute approximate surface area is 128 Å². The molecule has 0 radical (unpaired) electrons. The molecule has 0 spiro atoms. The van der Waals surface area contributed by atoms with Gasteiger partial charge in [-0.05, 0) is 17.5 Å². The first-order valence-electron chi connectivity index (χ1n) is 6.85. The van der Waals surface area contributed by atoms with Crippen LogP contribution in [0.1, 0.15) is 20.3 Å². The van der Waals surface area contributed by atoms with E-state index in [1.807, 2.05) is 0 Å². The van der Waals surface area contributed by atoms with E-state index in [1.165, 1.54) is 13.3 Å². The van der Waals surface area contributed by atoms with Gasteiger partial charge < -0.3 is 9.84 Å². The number of rotatable bonds is 3. The van der Waals surface area contributed by atoms with Gasteiger partial charge in [-0.1, -0.05) is 13.8 Å². The van der Waals surface area contributed by atoms with E-state index >= 15 is 0 Å². The number of ketones is 1. The number of carbonyl (C=O) groups excluding carboxylic acids is 2. The van der Waals surface area contributed by atoms with Gasteiger partial charge in [-0.15, -0.1) is 0 Å². The summed E-state index contributed by atoms with van der Waals surface area (Å²) >= 11 is 0. The summed E-state index contributed by atoms with van der Waals surface area (Å²) in [6.45, 7) is 3.50. The van der Waals surface area contributed by atoms with Crippen molar-refractivity contribution in [1.82, 2.24) is 4.98 Å².